The number of halogens is 1. The van der Waals surface area contributed by atoms with Crippen LogP contribution < -0.4 is 10.4 Å². The number of amides is 1. The number of carbonyl (C=O) groups is 2. The Kier molecular flexibility index (Phi) is 4.91. The van der Waals surface area contributed by atoms with E-state index >= 15 is 0 Å². The number of rotatable bonds is 4. The summed E-state index contributed by atoms with van der Waals surface area (Å²) in [5.74, 6) is -1.66. The molecular formula is C12H9BrN3O3S-. The van der Waals surface area contributed by atoms with Crippen molar-refractivity contribution in [3.05, 3.63) is 34.3 Å². The van der Waals surface area contributed by atoms with Crippen LogP contribution in [-0.4, -0.2) is 28.5 Å². The zero-order chi connectivity index (χ0) is 14.5. The number of nitrogens with zero attached hydrogens (tertiary/aromatic N) is 2. The minimum Gasteiger partial charge on any atom is -0.550 e. The minimum absolute atomic E-state index is 0.285. The van der Waals surface area contributed by atoms with Crippen LogP contribution in [0.15, 0.2) is 38.9 Å². The van der Waals surface area contributed by atoms with Crippen molar-refractivity contribution >= 4 is 51.0 Å². The van der Waals surface area contributed by atoms with Gasteiger partial charge in [-0.05, 0) is 17.7 Å². The van der Waals surface area contributed by atoms with Gasteiger partial charge in [0.1, 0.15) is 0 Å². The van der Waals surface area contributed by atoms with Crippen molar-refractivity contribution < 1.29 is 14.7 Å². The molecule has 1 aliphatic rings. The predicted molar refractivity (Wildman–Crippen MR) is 78.3 cm³/mol. The summed E-state index contributed by atoms with van der Waals surface area (Å²) in [5, 5.41) is 20.2. The Bertz CT molecular complexity index is 603. The van der Waals surface area contributed by atoms with Crippen molar-refractivity contribution in [2.45, 2.75) is 11.7 Å². The molecule has 1 fully saturated rings. The fourth-order valence-corrected chi connectivity index (χ4v) is 2.80. The molecule has 104 valence electrons. The topological polar surface area (TPSA) is 93.9 Å². The van der Waals surface area contributed by atoms with E-state index in [1.165, 1.54) is 6.21 Å². The molecule has 20 heavy (non-hydrogen) atoms. The second-order valence-corrected chi connectivity index (χ2v) is 5.98. The van der Waals surface area contributed by atoms with Crippen molar-refractivity contribution in [1.82, 2.24) is 5.32 Å². The maximum Gasteiger partial charge on any atom is 0.239 e. The third-order valence-electron chi connectivity index (χ3n) is 2.33. The maximum atomic E-state index is 11.4. The number of thioether (sulfide) groups is 1. The Morgan fingerprint density at radius 3 is 3.05 bits per heavy atom. The number of aliphatic carboxylic acids is 1. The summed E-state index contributed by atoms with van der Waals surface area (Å²) in [4.78, 5) is 21.9. The molecule has 1 atom stereocenters. The zero-order valence-corrected chi connectivity index (χ0v) is 12.5. The lowest BCUT2D eigenvalue weighted by Gasteiger charge is -2.04. The van der Waals surface area contributed by atoms with Gasteiger partial charge in [0.25, 0.3) is 0 Å². The highest BCUT2D eigenvalue weighted by Gasteiger charge is 2.30. The molecule has 1 aromatic rings. The molecule has 0 radical (unpaired) electrons. The van der Waals surface area contributed by atoms with Gasteiger partial charge < -0.3 is 15.2 Å². The SMILES string of the molecule is O=C([O-])C[C@@H]1S/C(=N/N=C/c2cccc(Br)c2)NC1=O. The number of hydrogen-bond donors (Lipinski definition) is 1. The summed E-state index contributed by atoms with van der Waals surface area (Å²) < 4.78 is 0.923. The summed E-state index contributed by atoms with van der Waals surface area (Å²) in [6.45, 7) is 0. The molecule has 1 saturated heterocycles. The van der Waals surface area contributed by atoms with Crippen LogP contribution in [0.1, 0.15) is 12.0 Å². The molecule has 1 N–H and O–H groups in total. The number of benzene rings is 1. The molecule has 0 spiro atoms. The van der Waals surface area contributed by atoms with Crippen LogP contribution in [0, 0.1) is 0 Å². The number of hydrogen-bond acceptors (Lipinski definition) is 6. The number of carboxylic acid groups (broad SMARTS) is 1. The average molecular weight is 355 g/mol. The first-order chi connectivity index (χ1) is 9.54. The van der Waals surface area contributed by atoms with Crippen molar-refractivity contribution in [1.29, 1.82) is 0 Å². The van der Waals surface area contributed by atoms with Crippen LogP contribution in [0.3, 0.4) is 0 Å². The monoisotopic (exact) mass is 354 g/mol. The van der Waals surface area contributed by atoms with E-state index in [0.717, 1.165) is 21.8 Å². The Morgan fingerprint density at radius 1 is 1.55 bits per heavy atom. The fraction of sp³-hybridized carbons (Fsp3) is 0.167. The van der Waals surface area contributed by atoms with Crippen molar-refractivity contribution in [2.24, 2.45) is 10.2 Å². The lowest BCUT2D eigenvalue weighted by atomic mass is 10.2. The molecule has 1 heterocycles. The minimum atomic E-state index is -1.27. The van der Waals surface area contributed by atoms with Gasteiger partial charge in [-0.15, -0.1) is 5.10 Å². The molecule has 0 bridgehead atoms. The summed E-state index contributed by atoms with van der Waals surface area (Å²) >= 11 is 4.37. The fourth-order valence-electron chi connectivity index (χ4n) is 1.47. The van der Waals surface area contributed by atoms with Crippen LogP contribution in [-0.2, 0) is 9.59 Å². The van der Waals surface area contributed by atoms with Gasteiger partial charge in [0.15, 0.2) is 5.17 Å². The molecule has 1 aliphatic heterocycles. The molecule has 0 unspecified atom stereocenters. The first-order valence-corrected chi connectivity index (χ1v) is 7.26. The van der Waals surface area contributed by atoms with Gasteiger partial charge >= 0.3 is 0 Å². The maximum absolute atomic E-state index is 11.4. The van der Waals surface area contributed by atoms with Crippen LogP contribution in [0.25, 0.3) is 0 Å². The van der Waals surface area contributed by atoms with E-state index in [0.29, 0.717) is 0 Å². The van der Waals surface area contributed by atoms with E-state index < -0.39 is 17.1 Å². The van der Waals surface area contributed by atoms with Crippen molar-refractivity contribution in [3.8, 4) is 0 Å². The first kappa shape index (κ1) is 14.7. The Labute approximate surface area is 127 Å². The Morgan fingerprint density at radius 2 is 2.35 bits per heavy atom. The zero-order valence-electron chi connectivity index (χ0n) is 10.1. The first-order valence-electron chi connectivity index (χ1n) is 5.58. The number of nitrogens with one attached hydrogen (secondary N) is 1. The van der Waals surface area contributed by atoms with E-state index in [1.54, 1.807) is 0 Å². The third kappa shape index (κ3) is 4.17. The third-order valence-corrected chi connectivity index (χ3v) is 3.90. The highest BCUT2D eigenvalue weighted by Crippen LogP contribution is 2.21. The van der Waals surface area contributed by atoms with Gasteiger partial charge in [0, 0.05) is 16.9 Å². The van der Waals surface area contributed by atoms with E-state index in [1.807, 2.05) is 24.3 Å². The smallest absolute Gasteiger partial charge is 0.239 e. The number of amidine groups is 1. The van der Waals surface area contributed by atoms with Gasteiger partial charge in [0.05, 0.1) is 11.5 Å². The van der Waals surface area contributed by atoms with Crippen LogP contribution in [0.4, 0.5) is 0 Å². The summed E-state index contributed by atoms with van der Waals surface area (Å²) in [6.07, 6.45) is 1.20. The second-order valence-electron chi connectivity index (χ2n) is 3.88. The molecule has 0 aliphatic carbocycles. The van der Waals surface area contributed by atoms with Crippen LogP contribution in [0.5, 0.6) is 0 Å². The molecule has 6 nitrogen and oxygen atoms in total. The highest BCUT2D eigenvalue weighted by molar-refractivity contribution is 9.10. The van der Waals surface area contributed by atoms with E-state index in [2.05, 4.69) is 31.4 Å². The molecular weight excluding hydrogens is 346 g/mol. The molecule has 1 aromatic carbocycles. The van der Waals surface area contributed by atoms with E-state index in [-0.39, 0.29) is 11.6 Å². The summed E-state index contributed by atoms with van der Waals surface area (Å²) in [7, 11) is 0. The Balaban J connectivity index is 1.99. The lowest BCUT2D eigenvalue weighted by Crippen LogP contribution is -2.31. The molecule has 8 heteroatoms. The largest absolute Gasteiger partial charge is 0.550 e. The molecule has 1 amide bonds. The molecule has 0 aromatic heterocycles. The normalized spacial score (nSPS) is 20.6. The van der Waals surface area contributed by atoms with E-state index in [9.17, 15) is 14.7 Å². The lowest BCUT2D eigenvalue weighted by molar-refractivity contribution is -0.305. The average Bonchev–Trinajstić information content (AvgIpc) is 2.69. The van der Waals surface area contributed by atoms with Crippen molar-refractivity contribution in [3.63, 3.8) is 0 Å². The predicted octanol–water partition coefficient (Wildman–Crippen LogP) is 0.511. The van der Waals surface area contributed by atoms with E-state index in [4.69, 9.17) is 0 Å². The van der Waals surface area contributed by atoms with Gasteiger partial charge in [-0.25, -0.2) is 0 Å². The Hall–Kier alpha value is -1.67. The summed E-state index contributed by atoms with van der Waals surface area (Å²) in [6, 6.07) is 7.47. The van der Waals surface area contributed by atoms with Gasteiger partial charge in [-0.2, -0.15) is 5.10 Å². The second kappa shape index (κ2) is 6.67. The van der Waals surface area contributed by atoms with Crippen LogP contribution >= 0.6 is 27.7 Å². The summed E-state index contributed by atoms with van der Waals surface area (Å²) in [5.41, 5.74) is 0.851. The van der Waals surface area contributed by atoms with Gasteiger partial charge in [0.2, 0.25) is 5.91 Å². The number of carboxylic acids is 1. The molecule has 2 rings (SSSR count). The van der Waals surface area contributed by atoms with Gasteiger partial charge in [-0.3, -0.25) is 4.79 Å². The van der Waals surface area contributed by atoms with Crippen LogP contribution in [0.2, 0.25) is 0 Å². The van der Waals surface area contributed by atoms with Crippen molar-refractivity contribution in [2.75, 3.05) is 0 Å². The molecule has 0 saturated carbocycles. The number of carbonyl (C=O) groups excluding carboxylic acids is 2. The highest BCUT2D eigenvalue weighted by atomic mass is 79.9. The standard InChI is InChI=1S/C12H10BrN3O3S/c13-8-3-1-2-7(4-8)6-14-16-12-15-11(19)9(20-12)5-10(17)18/h1-4,6,9H,5H2,(H,17,18)(H,15,16,19)/p-1/b14-6+/t9-/m0/s1. The quantitative estimate of drug-likeness (QED) is 0.629. The van der Waals surface area contributed by atoms with Gasteiger partial charge in [-0.1, -0.05) is 39.8 Å².